The van der Waals surface area contributed by atoms with Gasteiger partial charge in [0.2, 0.25) is 10.0 Å². The maximum atomic E-state index is 12.4. The van der Waals surface area contributed by atoms with Gasteiger partial charge in [0, 0.05) is 18.0 Å². The second kappa shape index (κ2) is 8.45. The first-order chi connectivity index (χ1) is 14.4. The molecule has 1 aromatic heterocycles. The van der Waals surface area contributed by atoms with Gasteiger partial charge in [0.15, 0.2) is 11.7 Å². The number of ether oxygens (including phenoxy) is 1. The molecule has 156 valence electrons. The van der Waals surface area contributed by atoms with E-state index in [-0.39, 0.29) is 18.3 Å². The number of likely N-dealkylation sites (N-methyl/N-ethyl adjacent to an activating group) is 1. The molecule has 4 rings (SSSR count). The van der Waals surface area contributed by atoms with Crippen molar-refractivity contribution in [2.75, 3.05) is 29.0 Å². The molecule has 1 aliphatic rings. The molecule has 2 aromatic carbocycles. The van der Waals surface area contributed by atoms with E-state index in [1.807, 2.05) is 42.5 Å². The van der Waals surface area contributed by atoms with Gasteiger partial charge in [-0.15, -0.1) is 11.3 Å². The highest BCUT2D eigenvalue weighted by Crippen LogP contribution is 2.36. The van der Waals surface area contributed by atoms with Crippen molar-refractivity contribution in [1.82, 2.24) is 4.98 Å². The number of anilines is 2. The Hall–Kier alpha value is -2.91. The fourth-order valence-corrected chi connectivity index (χ4v) is 5.25. The minimum atomic E-state index is -3.48. The van der Waals surface area contributed by atoms with E-state index in [0.717, 1.165) is 11.1 Å². The number of carbonyl (C=O) groups excluding carboxylic acids is 1. The Kier molecular flexibility index (Phi) is 5.74. The van der Waals surface area contributed by atoms with Gasteiger partial charge in [-0.05, 0) is 36.6 Å². The Labute approximate surface area is 179 Å². The van der Waals surface area contributed by atoms with Crippen molar-refractivity contribution in [2.45, 2.75) is 12.8 Å². The number of nitrogens with one attached hydrogen (secondary N) is 1. The number of nitrogens with zero attached hydrogens (tertiary/aromatic N) is 2. The molecule has 1 amide bonds. The minimum absolute atomic E-state index is 0.0236. The summed E-state index contributed by atoms with van der Waals surface area (Å²) in [5.41, 5.74) is 3.20. The predicted octanol–water partition coefficient (Wildman–Crippen LogP) is 3.54. The van der Waals surface area contributed by atoms with Crippen molar-refractivity contribution < 1.29 is 17.9 Å². The van der Waals surface area contributed by atoms with E-state index in [9.17, 15) is 13.2 Å². The van der Waals surface area contributed by atoms with Crippen LogP contribution in [0.2, 0.25) is 0 Å². The maximum Gasteiger partial charge on any atom is 0.264 e. The quantitative estimate of drug-likeness (QED) is 0.603. The van der Waals surface area contributed by atoms with E-state index in [1.54, 1.807) is 23.4 Å². The SMILES string of the molecule is CN1C(=O)COc2ccc(-c3csc(NS(=O)(=O)CCCc4ccccc4)n3)cc21. The van der Waals surface area contributed by atoms with Crippen LogP contribution in [0.15, 0.2) is 53.9 Å². The molecule has 0 spiro atoms. The standard InChI is InChI=1S/C21H21N3O4S2/c1-24-18-12-16(9-10-19(18)28-13-20(24)25)17-14-29-21(22-17)23-30(26,27)11-5-8-15-6-3-2-4-7-15/h2-4,6-7,9-10,12,14H,5,8,11,13H2,1H3,(H,22,23). The largest absolute Gasteiger partial charge is 0.482 e. The van der Waals surface area contributed by atoms with Crippen molar-refractivity contribution in [3.8, 4) is 17.0 Å². The first-order valence-electron chi connectivity index (χ1n) is 9.45. The first kappa shape index (κ1) is 20.4. The molecule has 0 saturated heterocycles. The topological polar surface area (TPSA) is 88.6 Å². The molecular weight excluding hydrogens is 422 g/mol. The van der Waals surface area contributed by atoms with E-state index in [1.165, 1.54) is 11.3 Å². The molecule has 0 bridgehead atoms. The lowest BCUT2D eigenvalue weighted by atomic mass is 10.1. The third kappa shape index (κ3) is 4.63. The number of fused-ring (bicyclic) bond motifs is 1. The molecule has 9 heteroatoms. The van der Waals surface area contributed by atoms with Gasteiger partial charge in [-0.3, -0.25) is 9.52 Å². The van der Waals surface area contributed by atoms with Crippen molar-refractivity contribution in [1.29, 1.82) is 0 Å². The van der Waals surface area contributed by atoms with Crippen molar-refractivity contribution >= 4 is 38.1 Å². The number of amides is 1. The van der Waals surface area contributed by atoms with Gasteiger partial charge in [0.1, 0.15) is 5.75 Å². The minimum Gasteiger partial charge on any atom is -0.482 e. The molecule has 7 nitrogen and oxygen atoms in total. The van der Waals surface area contributed by atoms with Crippen molar-refractivity contribution in [3.05, 3.63) is 59.5 Å². The predicted molar refractivity (Wildman–Crippen MR) is 119 cm³/mol. The zero-order chi connectivity index (χ0) is 21.1. The second-order valence-corrected chi connectivity index (χ2v) is 9.67. The number of sulfonamides is 1. The molecule has 0 aliphatic carbocycles. The molecule has 0 unspecified atom stereocenters. The van der Waals surface area contributed by atoms with Crippen LogP contribution >= 0.6 is 11.3 Å². The molecule has 0 atom stereocenters. The molecular formula is C21H21N3O4S2. The molecule has 0 saturated carbocycles. The average molecular weight is 444 g/mol. The summed E-state index contributed by atoms with van der Waals surface area (Å²) in [6, 6.07) is 15.3. The Morgan fingerprint density at radius 2 is 2.00 bits per heavy atom. The van der Waals surface area contributed by atoms with Crippen LogP contribution in [0.25, 0.3) is 11.3 Å². The summed E-state index contributed by atoms with van der Waals surface area (Å²) in [7, 11) is -1.78. The summed E-state index contributed by atoms with van der Waals surface area (Å²) in [4.78, 5) is 17.8. The van der Waals surface area contributed by atoms with Gasteiger partial charge in [-0.25, -0.2) is 13.4 Å². The van der Waals surface area contributed by atoms with Crippen LogP contribution in [0, 0.1) is 0 Å². The maximum absolute atomic E-state index is 12.4. The van der Waals surface area contributed by atoms with Crippen LogP contribution in [0.1, 0.15) is 12.0 Å². The smallest absolute Gasteiger partial charge is 0.264 e. The molecule has 1 N–H and O–H groups in total. The summed E-state index contributed by atoms with van der Waals surface area (Å²) in [5.74, 6) is 0.539. The fourth-order valence-electron chi connectivity index (χ4n) is 3.18. The fraction of sp³-hybridized carbons (Fsp3) is 0.238. The van der Waals surface area contributed by atoms with Gasteiger partial charge < -0.3 is 9.64 Å². The van der Waals surface area contributed by atoms with Gasteiger partial charge in [-0.1, -0.05) is 30.3 Å². The van der Waals surface area contributed by atoms with E-state index < -0.39 is 10.0 Å². The van der Waals surface area contributed by atoms with Crippen LogP contribution in [0.4, 0.5) is 10.8 Å². The van der Waals surface area contributed by atoms with E-state index >= 15 is 0 Å². The molecule has 2 heterocycles. The molecule has 3 aromatic rings. The average Bonchev–Trinajstić information content (AvgIpc) is 3.19. The van der Waals surface area contributed by atoms with Crippen LogP contribution in [0.5, 0.6) is 5.75 Å². The molecule has 30 heavy (non-hydrogen) atoms. The lowest BCUT2D eigenvalue weighted by Gasteiger charge is -2.26. The highest BCUT2D eigenvalue weighted by molar-refractivity contribution is 7.92. The van der Waals surface area contributed by atoms with E-state index in [0.29, 0.717) is 35.1 Å². The van der Waals surface area contributed by atoms with Crippen LogP contribution < -0.4 is 14.4 Å². The third-order valence-corrected chi connectivity index (χ3v) is 7.03. The second-order valence-electron chi connectivity index (χ2n) is 6.97. The van der Waals surface area contributed by atoms with Crippen LogP contribution in [-0.4, -0.2) is 38.7 Å². The number of benzene rings is 2. The van der Waals surface area contributed by atoms with Gasteiger partial charge >= 0.3 is 0 Å². The zero-order valence-electron chi connectivity index (χ0n) is 16.4. The van der Waals surface area contributed by atoms with Gasteiger partial charge in [-0.2, -0.15) is 0 Å². The zero-order valence-corrected chi connectivity index (χ0v) is 18.0. The first-order valence-corrected chi connectivity index (χ1v) is 12.0. The third-order valence-electron chi connectivity index (χ3n) is 4.81. The summed E-state index contributed by atoms with van der Waals surface area (Å²) in [6.07, 6.45) is 1.23. The van der Waals surface area contributed by atoms with Gasteiger partial charge in [0.05, 0.1) is 17.1 Å². The number of aryl methyl sites for hydroxylation is 1. The lowest BCUT2D eigenvalue weighted by Crippen LogP contribution is -2.35. The lowest BCUT2D eigenvalue weighted by molar-refractivity contribution is -0.120. The number of hydrogen-bond acceptors (Lipinski definition) is 6. The van der Waals surface area contributed by atoms with Crippen molar-refractivity contribution in [3.63, 3.8) is 0 Å². The summed E-state index contributed by atoms with van der Waals surface area (Å²) in [5, 5.41) is 2.11. The van der Waals surface area contributed by atoms with Crippen LogP contribution in [0.3, 0.4) is 0 Å². The number of rotatable bonds is 7. The highest BCUT2D eigenvalue weighted by atomic mass is 32.2. The Balaban J connectivity index is 1.42. The van der Waals surface area contributed by atoms with E-state index in [2.05, 4.69) is 9.71 Å². The number of carbonyl (C=O) groups is 1. The molecule has 0 fully saturated rings. The summed E-state index contributed by atoms with van der Waals surface area (Å²) in [6.45, 7) is 0.0236. The summed E-state index contributed by atoms with van der Waals surface area (Å²) < 4.78 is 32.8. The summed E-state index contributed by atoms with van der Waals surface area (Å²) >= 11 is 1.23. The Bertz CT molecular complexity index is 1160. The number of thiazole rings is 1. The number of hydrogen-bond donors (Lipinski definition) is 1. The monoisotopic (exact) mass is 443 g/mol. The molecule has 0 radical (unpaired) electrons. The Morgan fingerprint density at radius 3 is 2.80 bits per heavy atom. The number of aromatic nitrogens is 1. The molecule has 1 aliphatic heterocycles. The highest BCUT2D eigenvalue weighted by Gasteiger charge is 2.23. The van der Waals surface area contributed by atoms with E-state index in [4.69, 9.17) is 4.74 Å². The van der Waals surface area contributed by atoms with Gasteiger partial charge in [0.25, 0.3) is 5.91 Å². The van der Waals surface area contributed by atoms with Crippen molar-refractivity contribution in [2.24, 2.45) is 0 Å². The normalized spacial score (nSPS) is 13.6. The Morgan fingerprint density at radius 1 is 1.20 bits per heavy atom. The van der Waals surface area contributed by atoms with Crippen LogP contribution in [-0.2, 0) is 21.2 Å².